The molecule has 0 atom stereocenters. The summed E-state index contributed by atoms with van der Waals surface area (Å²) < 4.78 is 45.4. The highest BCUT2D eigenvalue weighted by atomic mass is 32.2. The van der Waals surface area contributed by atoms with E-state index in [0.717, 1.165) is 12.3 Å². The van der Waals surface area contributed by atoms with Gasteiger partial charge in [-0.05, 0) is 31.0 Å². The van der Waals surface area contributed by atoms with Crippen molar-refractivity contribution in [1.29, 1.82) is 0 Å². The minimum absolute atomic E-state index is 0.145. The lowest BCUT2D eigenvalue weighted by Gasteiger charge is -2.33. The number of benzene rings is 1. The van der Waals surface area contributed by atoms with Gasteiger partial charge in [-0.3, -0.25) is 4.18 Å². The Morgan fingerprint density at radius 1 is 1.27 bits per heavy atom. The first-order chi connectivity index (χ1) is 10.3. The first-order valence-corrected chi connectivity index (χ1v) is 8.62. The van der Waals surface area contributed by atoms with Gasteiger partial charge in [-0.1, -0.05) is 0 Å². The lowest BCUT2D eigenvalue weighted by atomic mass is 10.1. The molecule has 0 spiro atoms. The van der Waals surface area contributed by atoms with Crippen LogP contribution >= 0.6 is 0 Å². The minimum Gasteiger partial charge on any atom is -0.465 e. The molecule has 22 heavy (non-hydrogen) atoms. The summed E-state index contributed by atoms with van der Waals surface area (Å²) in [6.07, 6.45) is 1.68. The van der Waals surface area contributed by atoms with Gasteiger partial charge >= 0.3 is 5.97 Å². The Hall–Kier alpha value is -1.67. The number of anilines is 1. The van der Waals surface area contributed by atoms with Gasteiger partial charge in [-0.25, -0.2) is 9.18 Å². The van der Waals surface area contributed by atoms with E-state index in [1.807, 2.05) is 4.90 Å². The highest BCUT2D eigenvalue weighted by molar-refractivity contribution is 7.86. The van der Waals surface area contributed by atoms with Crippen molar-refractivity contribution in [2.24, 2.45) is 0 Å². The fraction of sp³-hybridized carbons (Fsp3) is 0.500. The number of esters is 1. The standard InChI is InChI=1S/C14H18FNO5S/c1-20-14(17)10-7-11(15)9-12(8-10)16-5-3-13(4-6-16)21-22(2,18)19/h7-9,13H,3-6H2,1-2H3. The maximum atomic E-state index is 13.6. The molecule has 2 rings (SSSR count). The fourth-order valence-electron chi connectivity index (χ4n) is 2.45. The number of methoxy groups -OCH3 is 1. The molecule has 1 aromatic rings. The molecule has 1 fully saturated rings. The van der Waals surface area contributed by atoms with Crippen LogP contribution in [-0.2, 0) is 19.0 Å². The average molecular weight is 331 g/mol. The van der Waals surface area contributed by atoms with E-state index in [0.29, 0.717) is 31.6 Å². The lowest BCUT2D eigenvalue weighted by Crippen LogP contribution is -2.37. The summed E-state index contributed by atoms with van der Waals surface area (Å²) in [7, 11) is -2.24. The summed E-state index contributed by atoms with van der Waals surface area (Å²) in [4.78, 5) is 13.4. The van der Waals surface area contributed by atoms with Gasteiger partial charge in [0.2, 0.25) is 0 Å². The van der Waals surface area contributed by atoms with Crippen LogP contribution in [0.25, 0.3) is 0 Å². The SMILES string of the molecule is COC(=O)c1cc(F)cc(N2CCC(OS(C)(=O)=O)CC2)c1. The maximum Gasteiger partial charge on any atom is 0.338 e. The number of ether oxygens (including phenoxy) is 1. The number of hydrogen-bond donors (Lipinski definition) is 0. The van der Waals surface area contributed by atoms with Gasteiger partial charge in [0.05, 0.1) is 25.0 Å². The number of carbonyl (C=O) groups is 1. The number of carbonyl (C=O) groups excluding carboxylic acids is 1. The highest BCUT2D eigenvalue weighted by Crippen LogP contribution is 2.24. The molecule has 122 valence electrons. The lowest BCUT2D eigenvalue weighted by molar-refractivity contribution is 0.0600. The molecule has 0 unspecified atom stereocenters. The molecular weight excluding hydrogens is 313 g/mol. The molecule has 6 nitrogen and oxygen atoms in total. The van der Waals surface area contributed by atoms with Crippen molar-refractivity contribution in [2.45, 2.75) is 18.9 Å². The Kier molecular flexibility index (Phi) is 5.02. The van der Waals surface area contributed by atoms with Gasteiger partial charge in [0.15, 0.2) is 0 Å². The van der Waals surface area contributed by atoms with Crippen LogP contribution in [0.5, 0.6) is 0 Å². The first kappa shape index (κ1) is 16.7. The summed E-state index contributed by atoms with van der Waals surface area (Å²) >= 11 is 0. The molecule has 1 aromatic carbocycles. The van der Waals surface area contributed by atoms with Crippen LogP contribution in [0.15, 0.2) is 18.2 Å². The van der Waals surface area contributed by atoms with Crippen molar-refractivity contribution in [3.63, 3.8) is 0 Å². The molecule has 0 radical (unpaired) electrons. The van der Waals surface area contributed by atoms with Crippen molar-refractivity contribution in [3.05, 3.63) is 29.6 Å². The third-order valence-electron chi connectivity index (χ3n) is 3.42. The zero-order valence-corrected chi connectivity index (χ0v) is 13.2. The highest BCUT2D eigenvalue weighted by Gasteiger charge is 2.24. The summed E-state index contributed by atoms with van der Waals surface area (Å²) in [5.74, 6) is -1.12. The van der Waals surface area contributed by atoms with Crippen LogP contribution < -0.4 is 4.90 Å². The van der Waals surface area contributed by atoms with Gasteiger partial charge in [0.25, 0.3) is 10.1 Å². The topological polar surface area (TPSA) is 72.9 Å². The Morgan fingerprint density at radius 3 is 2.45 bits per heavy atom. The second-order valence-electron chi connectivity index (χ2n) is 5.18. The second-order valence-corrected chi connectivity index (χ2v) is 6.78. The minimum atomic E-state index is -3.47. The van der Waals surface area contributed by atoms with Crippen molar-refractivity contribution >= 4 is 21.8 Å². The Balaban J connectivity index is 2.08. The van der Waals surface area contributed by atoms with Crippen molar-refractivity contribution in [3.8, 4) is 0 Å². The predicted molar refractivity (Wildman–Crippen MR) is 78.9 cm³/mol. The molecule has 0 bridgehead atoms. The van der Waals surface area contributed by atoms with Gasteiger partial charge in [-0.15, -0.1) is 0 Å². The van der Waals surface area contributed by atoms with Gasteiger partial charge < -0.3 is 9.64 Å². The molecule has 1 heterocycles. The maximum absolute atomic E-state index is 13.6. The number of piperidine rings is 1. The summed E-state index contributed by atoms with van der Waals surface area (Å²) in [5.41, 5.74) is 0.713. The zero-order valence-electron chi connectivity index (χ0n) is 12.4. The van der Waals surface area contributed by atoms with E-state index >= 15 is 0 Å². The molecular formula is C14H18FNO5S. The van der Waals surface area contributed by atoms with Crippen LogP contribution in [0.3, 0.4) is 0 Å². The van der Waals surface area contributed by atoms with Gasteiger partial charge in [0, 0.05) is 18.8 Å². The Bertz CT molecular complexity index is 653. The van der Waals surface area contributed by atoms with Crippen molar-refractivity contribution < 1.29 is 26.5 Å². The number of nitrogens with zero attached hydrogens (tertiary/aromatic N) is 1. The van der Waals surface area contributed by atoms with Crippen LogP contribution in [0.2, 0.25) is 0 Å². The average Bonchev–Trinajstić information content (AvgIpc) is 2.45. The molecule has 0 aromatic heterocycles. The molecule has 0 amide bonds. The predicted octanol–water partition coefficient (Wildman–Crippen LogP) is 1.56. The second kappa shape index (κ2) is 6.62. The monoisotopic (exact) mass is 331 g/mol. The quantitative estimate of drug-likeness (QED) is 0.616. The van der Waals surface area contributed by atoms with E-state index < -0.39 is 21.9 Å². The third kappa shape index (κ3) is 4.41. The Labute approximate surface area is 128 Å². The number of halogens is 1. The molecule has 1 saturated heterocycles. The first-order valence-electron chi connectivity index (χ1n) is 6.80. The molecule has 8 heteroatoms. The van der Waals surface area contributed by atoms with Crippen LogP contribution in [0.4, 0.5) is 10.1 Å². The van der Waals surface area contributed by atoms with E-state index in [-0.39, 0.29) is 11.7 Å². The molecule has 0 aliphatic carbocycles. The van der Waals surface area contributed by atoms with E-state index in [1.165, 1.54) is 13.2 Å². The molecule has 1 aliphatic heterocycles. The normalized spacial score (nSPS) is 16.6. The molecule has 0 N–H and O–H groups in total. The van der Waals surface area contributed by atoms with Crippen molar-refractivity contribution in [2.75, 3.05) is 31.4 Å². The van der Waals surface area contributed by atoms with Crippen LogP contribution in [0.1, 0.15) is 23.2 Å². The zero-order chi connectivity index (χ0) is 16.3. The van der Waals surface area contributed by atoms with E-state index in [4.69, 9.17) is 4.18 Å². The summed E-state index contributed by atoms with van der Waals surface area (Å²) in [6, 6.07) is 4.02. The summed E-state index contributed by atoms with van der Waals surface area (Å²) in [5, 5.41) is 0. The van der Waals surface area contributed by atoms with E-state index in [2.05, 4.69) is 4.74 Å². The Morgan fingerprint density at radius 2 is 1.91 bits per heavy atom. The van der Waals surface area contributed by atoms with Crippen LogP contribution in [0, 0.1) is 5.82 Å². The smallest absolute Gasteiger partial charge is 0.338 e. The fourth-order valence-corrected chi connectivity index (χ4v) is 3.14. The number of hydrogen-bond acceptors (Lipinski definition) is 6. The molecule has 0 saturated carbocycles. The van der Waals surface area contributed by atoms with E-state index in [9.17, 15) is 17.6 Å². The van der Waals surface area contributed by atoms with Crippen molar-refractivity contribution in [1.82, 2.24) is 0 Å². The van der Waals surface area contributed by atoms with E-state index in [1.54, 1.807) is 6.07 Å². The van der Waals surface area contributed by atoms with Crippen LogP contribution in [-0.4, -0.2) is 46.9 Å². The van der Waals surface area contributed by atoms with Gasteiger partial charge in [-0.2, -0.15) is 8.42 Å². The largest absolute Gasteiger partial charge is 0.465 e. The third-order valence-corrected chi connectivity index (χ3v) is 4.04. The molecule has 1 aliphatic rings. The van der Waals surface area contributed by atoms with Gasteiger partial charge in [0.1, 0.15) is 5.82 Å². The summed E-state index contributed by atoms with van der Waals surface area (Å²) in [6.45, 7) is 1.04. The number of rotatable bonds is 4.